The van der Waals surface area contributed by atoms with Crippen molar-refractivity contribution in [3.05, 3.63) is 68.1 Å². The zero-order chi connectivity index (χ0) is 20.7. The molecule has 1 unspecified atom stereocenters. The van der Waals surface area contributed by atoms with E-state index < -0.39 is 6.04 Å². The Bertz CT molecular complexity index is 851. The molecule has 0 saturated heterocycles. The van der Waals surface area contributed by atoms with Crippen LogP contribution in [0.2, 0.25) is 10.0 Å². The lowest BCUT2D eigenvalue weighted by Crippen LogP contribution is -2.47. The average molecular weight is 504 g/mol. The van der Waals surface area contributed by atoms with Crippen LogP contribution in [0.25, 0.3) is 0 Å². The first-order valence-corrected chi connectivity index (χ1v) is 11.3. The molecule has 0 radical (unpaired) electrons. The van der Waals surface area contributed by atoms with Gasteiger partial charge in [0.25, 0.3) is 0 Å². The summed E-state index contributed by atoms with van der Waals surface area (Å²) >= 11 is 17.0. The zero-order valence-corrected chi connectivity index (χ0v) is 19.5. The highest BCUT2D eigenvalue weighted by Gasteiger charge is 2.25. The Balaban J connectivity index is 2.06. The van der Waals surface area contributed by atoms with Gasteiger partial charge in [0.1, 0.15) is 6.04 Å². The fourth-order valence-electron chi connectivity index (χ4n) is 2.59. The second-order valence-electron chi connectivity index (χ2n) is 6.17. The van der Waals surface area contributed by atoms with Gasteiger partial charge in [0.15, 0.2) is 0 Å². The van der Waals surface area contributed by atoms with Crippen molar-refractivity contribution in [2.24, 2.45) is 0 Å². The molecule has 0 heterocycles. The molecule has 1 atom stereocenters. The quantitative estimate of drug-likeness (QED) is 0.541. The van der Waals surface area contributed by atoms with Crippen LogP contribution in [-0.4, -0.2) is 35.6 Å². The summed E-state index contributed by atoms with van der Waals surface area (Å²) in [6.07, 6.45) is 0. The van der Waals surface area contributed by atoms with Crippen LogP contribution in [0.4, 0.5) is 0 Å². The number of thioether (sulfide) groups is 1. The van der Waals surface area contributed by atoms with Gasteiger partial charge in [-0.2, -0.15) is 0 Å². The predicted octanol–water partition coefficient (Wildman–Crippen LogP) is 5.15. The van der Waals surface area contributed by atoms with Crippen molar-refractivity contribution in [1.82, 2.24) is 10.2 Å². The van der Waals surface area contributed by atoms with E-state index in [1.165, 1.54) is 11.8 Å². The van der Waals surface area contributed by atoms with E-state index in [9.17, 15) is 9.59 Å². The third-order valence-corrected chi connectivity index (χ3v) is 6.20. The molecule has 2 aromatic rings. The molecule has 4 nitrogen and oxygen atoms in total. The second-order valence-corrected chi connectivity index (χ2v) is 8.92. The van der Waals surface area contributed by atoms with Gasteiger partial charge < -0.3 is 10.2 Å². The average Bonchev–Trinajstić information content (AvgIpc) is 2.66. The first-order valence-electron chi connectivity index (χ1n) is 8.59. The summed E-state index contributed by atoms with van der Waals surface area (Å²) in [6.45, 7) is 2.09. The molecule has 2 aromatic carbocycles. The molecule has 2 rings (SSSR count). The molecule has 2 amide bonds. The third-order valence-electron chi connectivity index (χ3n) is 4.15. The van der Waals surface area contributed by atoms with Crippen LogP contribution in [0.1, 0.15) is 18.1 Å². The number of carbonyl (C=O) groups excluding carboxylic acids is 2. The summed E-state index contributed by atoms with van der Waals surface area (Å²) in [4.78, 5) is 26.6. The maximum atomic E-state index is 12.9. The van der Waals surface area contributed by atoms with Crippen LogP contribution in [0, 0.1) is 0 Å². The molecule has 0 fully saturated rings. The molecule has 150 valence electrons. The fraction of sp³-hybridized carbons (Fsp3) is 0.300. The minimum atomic E-state index is -0.573. The topological polar surface area (TPSA) is 49.4 Å². The summed E-state index contributed by atoms with van der Waals surface area (Å²) < 4.78 is 0.928. The maximum Gasteiger partial charge on any atom is 0.242 e. The molecule has 0 spiro atoms. The molecule has 0 aliphatic carbocycles. The van der Waals surface area contributed by atoms with E-state index in [0.717, 1.165) is 15.6 Å². The Hall–Kier alpha value is -1.21. The third kappa shape index (κ3) is 6.69. The van der Waals surface area contributed by atoms with Crippen molar-refractivity contribution in [3.63, 3.8) is 0 Å². The molecule has 0 aliphatic heterocycles. The van der Waals surface area contributed by atoms with Gasteiger partial charge in [0.2, 0.25) is 11.8 Å². The summed E-state index contributed by atoms with van der Waals surface area (Å²) in [5, 5.41) is 3.77. The van der Waals surface area contributed by atoms with Gasteiger partial charge in [0, 0.05) is 33.9 Å². The molecule has 8 heteroatoms. The minimum absolute atomic E-state index is 0.105. The Morgan fingerprint density at radius 2 is 1.96 bits per heavy atom. The standard InChI is InChI=1S/C20H21BrCl2N2O2S/c1-13(20(27)24-2)25(10-14-4-3-5-16(21)8-14)19(26)12-28-11-15-6-7-17(22)9-18(15)23/h3-9,13H,10-12H2,1-2H3,(H,24,27). The maximum absolute atomic E-state index is 12.9. The number of amides is 2. The normalized spacial score (nSPS) is 11.8. The van der Waals surface area contributed by atoms with Gasteiger partial charge in [0.05, 0.1) is 5.75 Å². The van der Waals surface area contributed by atoms with Crippen molar-refractivity contribution < 1.29 is 9.59 Å². The Morgan fingerprint density at radius 1 is 1.21 bits per heavy atom. The molecular weight excluding hydrogens is 483 g/mol. The second kappa shape index (κ2) is 11.1. The van der Waals surface area contributed by atoms with Crippen molar-refractivity contribution in [3.8, 4) is 0 Å². The predicted molar refractivity (Wildman–Crippen MR) is 121 cm³/mol. The molecule has 0 aromatic heterocycles. The van der Waals surface area contributed by atoms with Crippen molar-refractivity contribution in [2.45, 2.75) is 25.3 Å². The highest BCUT2D eigenvalue weighted by molar-refractivity contribution is 9.10. The smallest absolute Gasteiger partial charge is 0.242 e. The van der Waals surface area contributed by atoms with Crippen LogP contribution >= 0.6 is 50.9 Å². The minimum Gasteiger partial charge on any atom is -0.357 e. The van der Waals surface area contributed by atoms with Gasteiger partial charge >= 0.3 is 0 Å². The lowest BCUT2D eigenvalue weighted by atomic mass is 10.1. The largest absolute Gasteiger partial charge is 0.357 e. The first-order chi connectivity index (χ1) is 13.3. The molecule has 1 N–H and O–H groups in total. The SMILES string of the molecule is CNC(=O)C(C)N(Cc1cccc(Br)c1)C(=O)CSCc1ccc(Cl)cc1Cl. The van der Waals surface area contributed by atoms with E-state index in [1.54, 1.807) is 31.0 Å². The van der Waals surface area contributed by atoms with Gasteiger partial charge in [-0.15, -0.1) is 11.8 Å². The number of likely N-dealkylation sites (N-methyl/N-ethyl adjacent to an activating group) is 1. The lowest BCUT2D eigenvalue weighted by Gasteiger charge is -2.28. The summed E-state index contributed by atoms with van der Waals surface area (Å²) in [6, 6.07) is 12.4. The van der Waals surface area contributed by atoms with Crippen LogP contribution in [0.5, 0.6) is 0 Å². The van der Waals surface area contributed by atoms with Crippen LogP contribution in [0.3, 0.4) is 0 Å². The number of hydrogen-bond acceptors (Lipinski definition) is 3. The van der Waals surface area contributed by atoms with E-state index in [-0.39, 0.29) is 17.6 Å². The number of nitrogens with zero attached hydrogens (tertiary/aromatic N) is 1. The lowest BCUT2D eigenvalue weighted by molar-refractivity contribution is -0.138. The number of rotatable bonds is 8. The zero-order valence-electron chi connectivity index (χ0n) is 15.5. The van der Waals surface area contributed by atoms with E-state index in [2.05, 4.69) is 21.2 Å². The van der Waals surface area contributed by atoms with Crippen molar-refractivity contribution in [2.75, 3.05) is 12.8 Å². The number of nitrogens with one attached hydrogen (secondary N) is 1. The first kappa shape index (κ1) is 23.1. The number of halogens is 3. The van der Waals surface area contributed by atoms with E-state index in [1.807, 2.05) is 30.3 Å². The molecule has 0 aliphatic rings. The molecule has 0 saturated carbocycles. The Morgan fingerprint density at radius 3 is 2.61 bits per heavy atom. The Labute approximate surface area is 188 Å². The van der Waals surface area contributed by atoms with E-state index in [0.29, 0.717) is 22.3 Å². The highest BCUT2D eigenvalue weighted by atomic mass is 79.9. The fourth-order valence-corrected chi connectivity index (χ4v) is 4.51. The van der Waals surface area contributed by atoms with Crippen LogP contribution < -0.4 is 5.32 Å². The Kier molecular flexibility index (Phi) is 9.15. The summed E-state index contributed by atoms with van der Waals surface area (Å²) in [7, 11) is 1.57. The number of benzene rings is 2. The molecule has 0 bridgehead atoms. The monoisotopic (exact) mass is 502 g/mol. The van der Waals surface area contributed by atoms with Crippen molar-refractivity contribution >= 4 is 62.7 Å². The molecular formula is C20H21BrCl2N2O2S. The highest BCUT2D eigenvalue weighted by Crippen LogP contribution is 2.25. The van der Waals surface area contributed by atoms with Crippen LogP contribution in [-0.2, 0) is 21.9 Å². The van der Waals surface area contributed by atoms with Crippen LogP contribution in [0.15, 0.2) is 46.9 Å². The summed E-state index contributed by atoms with van der Waals surface area (Å²) in [5.74, 6) is 0.523. The van der Waals surface area contributed by atoms with E-state index >= 15 is 0 Å². The number of carbonyl (C=O) groups is 2. The van der Waals surface area contributed by atoms with E-state index in [4.69, 9.17) is 23.2 Å². The number of hydrogen-bond donors (Lipinski definition) is 1. The van der Waals surface area contributed by atoms with Gasteiger partial charge in [-0.1, -0.05) is 57.3 Å². The summed E-state index contributed by atoms with van der Waals surface area (Å²) in [5.41, 5.74) is 1.87. The van der Waals surface area contributed by atoms with Crippen molar-refractivity contribution in [1.29, 1.82) is 0 Å². The molecule has 28 heavy (non-hydrogen) atoms. The van der Waals surface area contributed by atoms with Gasteiger partial charge in [-0.05, 0) is 42.3 Å². The van der Waals surface area contributed by atoms with Gasteiger partial charge in [-0.3, -0.25) is 9.59 Å². The van der Waals surface area contributed by atoms with Gasteiger partial charge in [-0.25, -0.2) is 0 Å².